The Bertz CT molecular complexity index is 1040. The van der Waals surface area contributed by atoms with E-state index in [2.05, 4.69) is 6.08 Å². The Balaban J connectivity index is 1.29. The van der Waals surface area contributed by atoms with Crippen LogP contribution in [0.5, 0.6) is 0 Å². The predicted molar refractivity (Wildman–Crippen MR) is 113 cm³/mol. The van der Waals surface area contributed by atoms with E-state index in [1.54, 1.807) is 18.6 Å². The van der Waals surface area contributed by atoms with Gasteiger partial charge in [0, 0.05) is 35.8 Å². The summed E-state index contributed by atoms with van der Waals surface area (Å²) in [5.74, 6) is -2.43. The molecule has 0 radical (unpaired) electrons. The maximum Gasteiger partial charge on any atom is 0.331 e. The van der Waals surface area contributed by atoms with Crippen molar-refractivity contribution in [2.75, 3.05) is 0 Å². The van der Waals surface area contributed by atoms with Gasteiger partial charge in [-0.2, -0.15) is 0 Å². The molecular weight excluding hydrogens is 428 g/mol. The van der Waals surface area contributed by atoms with Gasteiger partial charge in [0.25, 0.3) is 0 Å². The number of hydrogen-bond acceptors (Lipinski definition) is 8. The summed E-state index contributed by atoms with van der Waals surface area (Å²) in [5, 5.41) is 22.6. The number of carbonyl (C=O) groups excluding carboxylic acids is 1. The Morgan fingerprint density at radius 3 is 2.79 bits per heavy atom. The summed E-state index contributed by atoms with van der Waals surface area (Å²) in [6, 6.07) is 1.88. The van der Waals surface area contributed by atoms with E-state index < -0.39 is 34.7 Å². The molecule has 8 nitrogen and oxygen atoms in total. The van der Waals surface area contributed by atoms with E-state index >= 15 is 0 Å². The summed E-state index contributed by atoms with van der Waals surface area (Å²) in [6.07, 6.45) is 10.0. The number of ether oxygens (including phenoxy) is 2. The van der Waals surface area contributed by atoms with Gasteiger partial charge in [0.2, 0.25) is 5.79 Å². The molecule has 7 atom stereocenters. The first kappa shape index (κ1) is 21.6. The highest BCUT2D eigenvalue weighted by Crippen LogP contribution is 2.83. The minimum atomic E-state index is -1.63. The smallest absolute Gasteiger partial charge is 0.331 e. The minimum Gasteiger partial charge on any atom is -0.472 e. The number of carbonyl (C=O) groups is 1. The first-order valence-corrected chi connectivity index (χ1v) is 11.6. The van der Waals surface area contributed by atoms with Gasteiger partial charge in [0.1, 0.15) is 11.2 Å². The third-order valence-corrected chi connectivity index (χ3v) is 8.76. The van der Waals surface area contributed by atoms with Crippen LogP contribution in [-0.2, 0) is 24.0 Å². The molecule has 33 heavy (non-hydrogen) atoms. The molecule has 1 aromatic rings. The topological polar surface area (TPSA) is 108 Å². The molecule has 2 aliphatic carbocycles. The number of furan rings is 1. The van der Waals surface area contributed by atoms with Gasteiger partial charge in [-0.1, -0.05) is 11.6 Å². The molecule has 0 spiro atoms. The lowest BCUT2D eigenvalue weighted by molar-refractivity contribution is -0.491. The van der Waals surface area contributed by atoms with E-state index in [-0.39, 0.29) is 30.3 Å². The average Bonchev–Trinajstić information content (AvgIpc) is 3.08. The molecule has 8 heteroatoms. The zero-order valence-corrected chi connectivity index (χ0v) is 19.1. The summed E-state index contributed by atoms with van der Waals surface area (Å²) in [6.45, 7) is 5.47. The van der Waals surface area contributed by atoms with E-state index in [4.69, 9.17) is 23.7 Å². The van der Waals surface area contributed by atoms with Gasteiger partial charge >= 0.3 is 5.97 Å². The van der Waals surface area contributed by atoms with Crippen molar-refractivity contribution < 1.29 is 38.7 Å². The lowest BCUT2D eigenvalue weighted by Gasteiger charge is -2.49. The van der Waals surface area contributed by atoms with Crippen molar-refractivity contribution in [2.45, 2.75) is 82.3 Å². The number of fused-ring (bicyclic) bond motifs is 1. The van der Waals surface area contributed by atoms with Crippen LogP contribution >= 0.6 is 0 Å². The molecule has 1 aromatic heterocycles. The molecule has 7 unspecified atom stereocenters. The fraction of sp³-hybridized carbons (Fsp3) is 0.640. The van der Waals surface area contributed by atoms with Crippen molar-refractivity contribution in [2.24, 2.45) is 16.7 Å². The van der Waals surface area contributed by atoms with Crippen molar-refractivity contribution in [3.8, 4) is 0 Å². The van der Waals surface area contributed by atoms with Crippen LogP contribution in [0.4, 0.5) is 0 Å². The van der Waals surface area contributed by atoms with E-state index in [0.717, 1.165) is 30.4 Å². The molecule has 2 N–H and O–H groups in total. The highest BCUT2D eigenvalue weighted by atomic mass is 17.2. The molecule has 178 valence electrons. The number of aliphatic hydroxyl groups is 2. The highest BCUT2D eigenvalue weighted by molar-refractivity contribution is 5.83. The van der Waals surface area contributed by atoms with Crippen molar-refractivity contribution in [3.63, 3.8) is 0 Å². The van der Waals surface area contributed by atoms with Gasteiger partial charge < -0.3 is 24.1 Å². The summed E-state index contributed by atoms with van der Waals surface area (Å²) in [7, 11) is 0. The minimum absolute atomic E-state index is 0.174. The van der Waals surface area contributed by atoms with E-state index in [1.807, 2.05) is 26.8 Å². The van der Waals surface area contributed by atoms with Crippen LogP contribution < -0.4 is 0 Å². The fourth-order valence-corrected chi connectivity index (χ4v) is 7.12. The molecule has 6 rings (SSSR count). The largest absolute Gasteiger partial charge is 0.472 e. The quantitative estimate of drug-likeness (QED) is 0.403. The van der Waals surface area contributed by atoms with Gasteiger partial charge in [-0.05, 0) is 52.2 Å². The lowest BCUT2D eigenvalue weighted by Crippen LogP contribution is -2.57. The number of aliphatic hydroxyl groups excluding tert-OH is 1. The third-order valence-electron chi connectivity index (χ3n) is 8.76. The van der Waals surface area contributed by atoms with Crippen LogP contribution in [0.1, 0.15) is 64.5 Å². The molecule has 0 amide bonds. The Kier molecular flexibility index (Phi) is 4.30. The molecule has 2 saturated heterocycles. The molecule has 4 heterocycles. The normalized spacial score (nSPS) is 47.6. The predicted octanol–water partition coefficient (Wildman–Crippen LogP) is 3.46. The summed E-state index contributed by atoms with van der Waals surface area (Å²) in [4.78, 5) is 23.5. The number of cyclic esters (lactones) is 1. The van der Waals surface area contributed by atoms with Crippen LogP contribution in [-0.4, -0.2) is 39.5 Å². The zero-order chi connectivity index (χ0) is 23.3. The maximum atomic E-state index is 12.1. The molecule has 1 saturated carbocycles. The van der Waals surface area contributed by atoms with Crippen molar-refractivity contribution in [3.05, 3.63) is 48.0 Å². The number of hydrogen-bond donors (Lipinski definition) is 2. The average molecular weight is 459 g/mol. The molecule has 3 aliphatic heterocycles. The monoisotopic (exact) mass is 458 g/mol. The lowest BCUT2D eigenvalue weighted by atomic mass is 9.70. The molecule has 5 aliphatic rings. The van der Waals surface area contributed by atoms with Crippen LogP contribution in [0.3, 0.4) is 0 Å². The van der Waals surface area contributed by atoms with Gasteiger partial charge in [0.05, 0.1) is 24.0 Å². The van der Waals surface area contributed by atoms with Gasteiger partial charge in [-0.15, -0.1) is 0 Å². The maximum absolute atomic E-state index is 12.1. The van der Waals surface area contributed by atoms with Crippen molar-refractivity contribution in [1.29, 1.82) is 0 Å². The second-order valence-corrected chi connectivity index (χ2v) is 11.1. The Morgan fingerprint density at radius 1 is 1.21 bits per heavy atom. The van der Waals surface area contributed by atoms with Gasteiger partial charge in [-0.25, -0.2) is 14.6 Å². The number of esters is 1. The van der Waals surface area contributed by atoms with Crippen LogP contribution in [0.25, 0.3) is 0 Å². The Hall–Kier alpha value is -1.97. The van der Waals surface area contributed by atoms with E-state index in [1.165, 1.54) is 6.08 Å². The summed E-state index contributed by atoms with van der Waals surface area (Å²) >= 11 is 0. The standard InChI is InChI=1S/C25H30O8/c1-21(2)17-12-24(28,33-32-22(17,3)9-6-18(26)31-21)11-16-5-4-8-23-14-25(16,23)20(27)30-19(23)15-7-10-29-13-15/h5-7,9-10,13,17,19-20,27-28H,4,8,11-12,14H2,1-3H3. The Morgan fingerprint density at radius 2 is 2.03 bits per heavy atom. The van der Waals surface area contributed by atoms with Gasteiger partial charge in [0.15, 0.2) is 6.29 Å². The van der Waals surface area contributed by atoms with Crippen LogP contribution in [0.2, 0.25) is 0 Å². The first-order chi connectivity index (χ1) is 15.5. The summed E-state index contributed by atoms with van der Waals surface area (Å²) in [5.41, 5.74) is -0.722. The van der Waals surface area contributed by atoms with Crippen molar-refractivity contribution >= 4 is 5.97 Å². The van der Waals surface area contributed by atoms with Crippen LogP contribution in [0, 0.1) is 16.7 Å². The zero-order valence-electron chi connectivity index (χ0n) is 19.1. The Labute approximate surface area is 192 Å². The second-order valence-electron chi connectivity index (χ2n) is 11.1. The van der Waals surface area contributed by atoms with Crippen molar-refractivity contribution in [1.82, 2.24) is 0 Å². The molecule has 0 aromatic carbocycles. The number of rotatable bonds is 3. The van der Waals surface area contributed by atoms with Crippen LogP contribution in [0.15, 0.2) is 46.8 Å². The third kappa shape index (κ3) is 2.85. The van der Waals surface area contributed by atoms with E-state index in [0.29, 0.717) is 0 Å². The summed E-state index contributed by atoms with van der Waals surface area (Å²) < 4.78 is 16.9. The molecular formula is C25H30O8. The second kappa shape index (κ2) is 6.58. The SMILES string of the molecule is CC1(C)OC(=O)C=CC2(C)OOC(O)(CC3=CCCC45CC34C(O)OC5c3ccoc3)CC12. The fourth-order valence-electron chi connectivity index (χ4n) is 7.12. The first-order valence-electron chi connectivity index (χ1n) is 11.6. The highest BCUT2D eigenvalue weighted by Gasteiger charge is 2.81. The molecule has 3 fully saturated rings. The molecule has 0 bridgehead atoms. The number of allylic oxidation sites excluding steroid dienone is 1. The van der Waals surface area contributed by atoms with Gasteiger partial charge in [-0.3, -0.25) is 0 Å². The van der Waals surface area contributed by atoms with E-state index in [9.17, 15) is 15.0 Å².